The van der Waals surface area contributed by atoms with Crippen molar-refractivity contribution in [3.63, 3.8) is 0 Å². The summed E-state index contributed by atoms with van der Waals surface area (Å²) in [7, 11) is 0. The van der Waals surface area contributed by atoms with Gasteiger partial charge in [0.2, 0.25) is 0 Å². The Hall–Kier alpha value is -2.30. The van der Waals surface area contributed by atoms with E-state index in [0.717, 1.165) is 77.2 Å². The van der Waals surface area contributed by atoms with Gasteiger partial charge in [0, 0.05) is 40.2 Å². The van der Waals surface area contributed by atoms with E-state index < -0.39 is 0 Å². The quantitative estimate of drug-likeness (QED) is 0.573. The molecule has 0 unspecified atom stereocenters. The van der Waals surface area contributed by atoms with E-state index in [1.165, 1.54) is 5.56 Å². The third-order valence-corrected chi connectivity index (χ3v) is 6.28. The van der Waals surface area contributed by atoms with Crippen molar-refractivity contribution < 1.29 is 9.15 Å². The average Bonchev–Trinajstić information content (AvgIpc) is 2.71. The molecule has 0 atom stereocenters. The van der Waals surface area contributed by atoms with Gasteiger partial charge in [-0.3, -0.25) is 4.90 Å². The number of ether oxygens (including phenoxy) is 1. The highest BCUT2D eigenvalue weighted by Gasteiger charge is 2.25. The largest absolute Gasteiger partial charge is 0.477 e. The maximum Gasteiger partial charge on any atom is 0.339 e. The third-order valence-electron chi connectivity index (χ3n) is 5.91. The molecule has 1 aromatic heterocycles. The number of aryl methyl sites for hydroxylation is 2. The van der Waals surface area contributed by atoms with Crippen molar-refractivity contribution >= 4 is 22.6 Å². The van der Waals surface area contributed by atoms with Crippen LogP contribution in [0.1, 0.15) is 40.7 Å². The van der Waals surface area contributed by atoms with Gasteiger partial charge in [0.1, 0.15) is 18.1 Å². The lowest BCUT2D eigenvalue weighted by molar-refractivity contribution is 0.0881. The summed E-state index contributed by atoms with van der Waals surface area (Å²) in [6.45, 7) is 3.99. The summed E-state index contributed by atoms with van der Waals surface area (Å²) < 4.78 is 11.8. The van der Waals surface area contributed by atoms with Crippen LogP contribution in [0.5, 0.6) is 5.75 Å². The van der Waals surface area contributed by atoms with Crippen LogP contribution in [-0.2, 0) is 25.9 Å². The second-order valence-electron chi connectivity index (χ2n) is 7.77. The first-order valence-electron chi connectivity index (χ1n) is 9.81. The highest BCUT2D eigenvalue weighted by atomic mass is 35.5. The van der Waals surface area contributed by atoms with Crippen LogP contribution in [-0.4, -0.2) is 11.6 Å². The van der Waals surface area contributed by atoms with E-state index in [1.54, 1.807) is 0 Å². The van der Waals surface area contributed by atoms with Crippen LogP contribution in [0, 0.1) is 6.92 Å². The van der Waals surface area contributed by atoms with Gasteiger partial charge >= 0.3 is 5.63 Å². The molecule has 0 radical (unpaired) electrons. The molecule has 2 heterocycles. The Balaban J connectivity index is 1.56. The molecule has 1 aliphatic heterocycles. The molecule has 0 N–H and O–H groups in total. The maximum absolute atomic E-state index is 12.5. The van der Waals surface area contributed by atoms with Crippen molar-refractivity contribution in [2.75, 3.05) is 6.73 Å². The fourth-order valence-corrected chi connectivity index (χ4v) is 4.71. The fraction of sp³-hybridized carbons (Fsp3) is 0.348. The minimum absolute atomic E-state index is 0.179. The van der Waals surface area contributed by atoms with Crippen LogP contribution < -0.4 is 10.4 Å². The molecule has 0 saturated heterocycles. The zero-order valence-corrected chi connectivity index (χ0v) is 16.6. The van der Waals surface area contributed by atoms with E-state index in [-0.39, 0.29) is 5.63 Å². The monoisotopic (exact) mass is 395 g/mol. The molecule has 28 heavy (non-hydrogen) atoms. The van der Waals surface area contributed by atoms with Crippen LogP contribution in [0.4, 0.5) is 0 Å². The minimum atomic E-state index is -0.179. The average molecular weight is 396 g/mol. The Bertz CT molecular complexity index is 1130. The molecular weight excluding hydrogens is 374 g/mol. The van der Waals surface area contributed by atoms with E-state index in [2.05, 4.69) is 17.0 Å². The van der Waals surface area contributed by atoms with E-state index in [4.69, 9.17) is 20.8 Å². The predicted molar refractivity (Wildman–Crippen MR) is 110 cm³/mol. The zero-order chi connectivity index (χ0) is 19.3. The standard InChI is InChI=1S/C23H22ClNO3/c1-14-21-16(12-25(13-27-21)11-15-6-2-5-9-20(15)24)10-19-17-7-3-4-8-18(17)23(26)28-22(14)19/h2,5-6,9-10H,3-4,7-8,11-13H2,1H3. The van der Waals surface area contributed by atoms with Crippen LogP contribution in [0.15, 0.2) is 39.5 Å². The Morgan fingerprint density at radius 1 is 1.14 bits per heavy atom. The van der Waals surface area contributed by atoms with Gasteiger partial charge in [-0.15, -0.1) is 0 Å². The van der Waals surface area contributed by atoms with Crippen molar-refractivity contribution in [3.05, 3.63) is 73.6 Å². The Morgan fingerprint density at radius 3 is 2.75 bits per heavy atom. The SMILES string of the molecule is Cc1c2c(cc3c4c(c(=O)oc13)CCCC4)CN(Cc1ccccc1Cl)CO2. The lowest BCUT2D eigenvalue weighted by atomic mass is 9.89. The Kier molecular flexibility index (Phi) is 4.41. The zero-order valence-electron chi connectivity index (χ0n) is 15.9. The van der Waals surface area contributed by atoms with Crippen molar-refractivity contribution in [2.24, 2.45) is 0 Å². The molecule has 0 amide bonds. The van der Waals surface area contributed by atoms with Gasteiger partial charge in [-0.05, 0) is 55.9 Å². The molecule has 5 rings (SSSR count). The molecule has 2 aromatic carbocycles. The van der Waals surface area contributed by atoms with Gasteiger partial charge in [0.15, 0.2) is 0 Å². The Labute approximate surface area is 168 Å². The highest BCUT2D eigenvalue weighted by Crippen LogP contribution is 2.38. The molecule has 0 saturated carbocycles. The maximum atomic E-state index is 12.5. The van der Waals surface area contributed by atoms with E-state index >= 15 is 0 Å². The fourth-order valence-electron chi connectivity index (χ4n) is 4.52. The lowest BCUT2D eigenvalue weighted by Gasteiger charge is -2.31. The smallest absolute Gasteiger partial charge is 0.339 e. The second-order valence-corrected chi connectivity index (χ2v) is 8.18. The first kappa shape index (κ1) is 17.8. The van der Waals surface area contributed by atoms with Gasteiger partial charge < -0.3 is 9.15 Å². The number of hydrogen-bond donors (Lipinski definition) is 0. The number of halogens is 1. The van der Waals surface area contributed by atoms with Crippen LogP contribution in [0.3, 0.4) is 0 Å². The predicted octanol–water partition coefficient (Wildman–Crippen LogP) is 4.99. The number of nitrogens with zero attached hydrogens (tertiary/aromatic N) is 1. The third kappa shape index (κ3) is 2.92. The van der Waals surface area contributed by atoms with Gasteiger partial charge in [-0.2, -0.15) is 0 Å². The molecule has 0 bridgehead atoms. The summed E-state index contributed by atoms with van der Waals surface area (Å²) in [6, 6.07) is 10.1. The van der Waals surface area contributed by atoms with Gasteiger partial charge in [-0.1, -0.05) is 29.8 Å². The number of rotatable bonds is 2. The van der Waals surface area contributed by atoms with Gasteiger partial charge in [-0.25, -0.2) is 4.79 Å². The molecular formula is C23H22ClNO3. The van der Waals surface area contributed by atoms with Crippen LogP contribution in [0.2, 0.25) is 5.02 Å². The van der Waals surface area contributed by atoms with Crippen molar-refractivity contribution in [1.82, 2.24) is 4.90 Å². The summed E-state index contributed by atoms with van der Waals surface area (Å²) in [5, 5.41) is 1.85. The number of benzene rings is 2. The first-order chi connectivity index (χ1) is 13.6. The molecule has 5 heteroatoms. The first-order valence-corrected chi connectivity index (χ1v) is 10.2. The number of fused-ring (bicyclic) bond motifs is 4. The molecule has 0 fully saturated rings. The van der Waals surface area contributed by atoms with Crippen molar-refractivity contribution in [3.8, 4) is 5.75 Å². The van der Waals surface area contributed by atoms with E-state index in [1.807, 2.05) is 25.1 Å². The van der Waals surface area contributed by atoms with Crippen LogP contribution >= 0.6 is 11.6 Å². The lowest BCUT2D eigenvalue weighted by Crippen LogP contribution is -2.32. The minimum Gasteiger partial charge on any atom is -0.477 e. The van der Waals surface area contributed by atoms with Crippen molar-refractivity contribution in [1.29, 1.82) is 0 Å². The summed E-state index contributed by atoms with van der Waals surface area (Å²) in [5.41, 5.74) is 5.71. The number of hydrogen-bond acceptors (Lipinski definition) is 4. The molecule has 1 aliphatic carbocycles. The van der Waals surface area contributed by atoms with E-state index in [0.29, 0.717) is 12.3 Å². The summed E-state index contributed by atoms with van der Waals surface area (Å²) in [4.78, 5) is 14.7. The summed E-state index contributed by atoms with van der Waals surface area (Å²) >= 11 is 6.33. The van der Waals surface area contributed by atoms with Crippen LogP contribution in [0.25, 0.3) is 11.0 Å². The summed E-state index contributed by atoms with van der Waals surface area (Å²) in [6.07, 6.45) is 3.94. The molecule has 4 nitrogen and oxygen atoms in total. The van der Waals surface area contributed by atoms with Gasteiger partial charge in [0.05, 0.1) is 0 Å². The molecule has 3 aromatic rings. The normalized spacial score (nSPS) is 16.5. The van der Waals surface area contributed by atoms with E-state index in [9.17, 15) is 4.79 Å². The summed E-state index contributed by atoms with van der Waals surface area (Å²) in [5.74, 6) is 0.849. The molecule has 0 spiro atoms. The Morgan fingerprint density at radius 2 is 1.93 bits per heavy atom. The molecule has 144 valence electrons. The highest BCUT2D eigenvalue weighted by molar-refractivity contribution is 6.31. The second kappa shape index (κ2) is 6.94. The van der Waals surface area contributed by atoms with Crippen molar-refractivity contribution in [2.45, 2.75) is 45.7 Å². The van der Waals surface area contributed by atoms with Gasteiger partial charge in [0.25, 0.3) is 0 Å². The molecule has 2 aliphatic rings. The topological polar surface area (TPSA) is 42.7 Å².